The Bertz CT molecular complexity index is 685. The van der Waals surface area contributed by atoms with Gasteiger partial charge in [-0.2, -0.15) is 5.10 Å². The van der Waals surface area contributed by atoms with E-state index in [9.17, 15) is 0 Å². The van der Waals surface area contributed by atoms with Gasteiger partial charge in [-0.05, 0) is 40.2 Å². The molecule has 3 nitrogen and oxygen atoms in total. The Morgan fingerprint density at radius 3 is 2.32 bits per heavy atom. The average Bonchev–Trinajstić information content (AvgIpc) is 2.77. The minimum Gasteiger partial charge on any atom is -0.260 e. The van der Waals surface area contributed by atoms with Crippen molar-refractivity contribution in [3.8, 4) is 11.3 Å². The number of hydrogen-bond acceptors (Lipinski definition) is 2. The third-order valence-corrected chi connectivity index (χ3v) is 3.42. The lowest BCUT2D eigenvalue weighted by molar-refractivity contribution is 0.580. The maximum atomic E-state index is 4.86. The molecule has 0 aliphatic carbocycles. The zero-order chi connectivity index (χ0) is 13.8. The van der Waals surface area contributed by atoms with E-state index < -0.39 is 0 Å². The van der Waals surface area contributed by atoms with Crippen LogP contribution < -0.4 is 0 Å². The molecular formula is C16H19N3. The summed E-state index contributed by atoms with van der Waals surface area (Å²) in [6.07, 6.45) is 0. The quantitative estimate of drug-likeness (QED) is 0.602. The zero-order valence-corrected chi connectivity index (χ0v) is 12.2. The van der Waals surface area contributed by atoms with Crippen LogP contribution in [-0.4, -0.2) is 21.2 Å². The summed E-state index contributed by atoms with van der Waals surface area (Å²) in [4.78, 5) is 4.86. The molecular weight excluding hydrogens is 234 g/mol. The van der Waals surface area contributed by atoms with Gasteiger partial charge in [-0.1, -0.05) is 24.3 Å². The molecule has 0 saturated carbocycles. The number of aromatic nitrogens is 2. The first-order valence-electron chi connectivity index (χ1n) is 6.65. The molecule has 0 N–H and O–H groups in total. The fourth-order valence-electron chi connectivity index (χ4n) is 2.50. The summed E-state index contributed by atoms with van der Waals surface area (Å²) in [6, 6.07) is 8.42. The van der Waals surface area contributed by atoms with Gasteiger partial charge in [-0.25, -0.2) is 4.68 Å². The van der Waals surface area contributed by atoms with Crippen molar-refractivity contribution < 1.29 is 0 Å². The molecule has 1 aromatic heterocycles. The maximum Gasteiger partial charge on any atom is 0.157 e. The van der Waals surface area contributed by atoms with Crippen molar-refractivity contribution in [3.05, 3.63) is 41.1 Å². The summed E-state index contributed by atoms with van der Waals surface area (Å²) >= 11 is 0. The number of rotatable bonds is 0. The molecule has 0 unspecified atom stereocenters. The van der Waals surface area contributed by atoms with E-state index in [1.54, 1.807) is 0 Å². The van der Waals surface area contributed by atoms with Crippen molar-refractivity contribution in [2.45, 2.75) is 40.2 Å². The smallest absolute Gasteiger partial charge is 0.157 e. The third-order valence-electron chi connectivity index (χ3n) is 3.42. The molecule has 98 valence electrons. The molecule has 0 bridgehead atoms. The number of aryl methyl sites for hydroxylation is 1. The molecule has 0 radical (unpaired) electrons. The molecule has 0 amide bonds. The van der Waals surface area contributed by atoms with E-state index in [1.165, 1.54) is 22.4 Å². The summed E-state index contributed by atoms with van der Waals surface area (Å²) in [7, 11) is 0. The first kappa shape index (κ1) is 12.2. The Labute approximate surface area is 114 Å². The van der Waals surface area contributed by atoms with E-state index in [4.69, 9.17) is 4.99 Å². The van der Waals surface area contributed by atoms with Gasteiger partial charge < -0.3 is 0 Å². The van der Waals surface area contributed by atoms with E-state index in [1.807, 2.05) is 4.68 Å². The molecule has 0 saturated heterocycles. The highest BCUT2D eigenvalue weighted by Gasteiger charge is 2.29. The fourth-order valence-corrected chi connectivity index (χ4v) is 2.50. The van der Waals surface area contributed by atoms with Crippen LogP contribution in [0.4, 0.5) is 0 Å². The van der Waals surface area contributed by atoms with E-state index in [-0.39, 0.29) is 5.54 Å². The van der Waals surface area contributed by atoms with E-state index in [0.717, 1.165) is 11.5 Å². The van der Waals surface area contributed by atoms with Crippen LogP contribution in [0.2, 0.25) is 0 Å². The molecule has 1 aliphatic rings. The normalized spacial score (nSPS) is 15.7. The van der Waals surface area contributed by atoms with Crippen molar-refractivity contribution in [2.75, 3.05) is 0 Å². The van der Waals surface area contributed by atoms with Gasteiger partial charge in [0, 0.05) is 11.1 Å². The summed E-state index contributed by atoms with van der Waals surface area (Å²) in [5, 5.41) is 4.66. The maximum absolute atomic E-state index is 4.86. The molecule has 2 aromatic rings. The fraction of sp³-hybridized carbons (Fsp3) is 0.375. The predicted octanol–water partition coefficient (Wildman–Crippen LogP) is 3.57. The van der Waals surface area contributed by atoms with Crippen LogP contribution in [0, 0.1) is 13.8 Å². The van der Waals surface area contributed by atoms with Crippen LogP contribution in [0.25, 0.3) is 11.3 Å². The average molecular weight is 253 g/mol. The number of fused-ring (bicyclic) bond motifs is 3. The highest BCUT2D eigenvalue weighted by atomic mass is 15.3. The van der Waals surface area contributed by atoms with Crippen LogP contribution in [-0.2, 0) is 0 Å². The number of nitrogens with zero attached hydrogens (tertiary/aromatic N) is 3. The Morgan fingerprint density at radius 1 is 1.05 bits per heavy atom. The lowest BCUT2D eigenvalue weighted by Gasteiger charge is -2.14. The second-order valence-corrected chi connectivity index (χ2v) is 6.12. The van der Waals surface area contributed by atoms with Gasteiger partial charge in [0.2, 0.25) is 0 Å². The van der Waals surface area contributed by atoms with Gasteiger partial charge in [0.05, 0.1) is 16.9 Å². The summed E-state index contributed by atoms with van der Waals surface area (Å²) < 4.78 is 2.00. The number of benzene rings is 1. The topological polar surface area (TPSA) is 30.2 Å². The zero-order valence-electron chi connectivity index (χ0n) is 12.2. The molecule has 0 spiro atoms. The van der Waals surface area contributed by atoms with Crippen molar-refractivity contribution in [3.63, 3.8) is 0 Å². The largest absolute Gasteiger partial charge is 0.260 e. The van der Waals surface area contributed by atoms with Crippen molar-refractivity contribution in [1.29, 1.82) is 0 Å². The summed E-state index contributed by atoms with van der Waals surface area (Å²) in [6.45, 7) is 10.5. The summed E-state index contributed by atoms with van der Waals surface area (Å²) in [5.41, 5.74) is 5.82. The lowest BCUT2D eigenvalue weighted by Crippen LogP contribution is -2.19. The third kappa shape index (κ3) is 1.81. The molecule has 19 heavy (non-hydrogen) atoms. The van der Waals surface area contributed by atoms with Crippen LogP contribution in [0.5, 0.6) is 0 Å². The van der Waals surface area contributed by atoms with Gasteiger partial charge in [-0.15, -0.1) is 0 Å². The lowest BCUT2D eigenvalue weighted by atomic mass is 10.0. The molecule has 1 aromatic carbocycles. The van der Waals surface area contributed by atoms with Gasteiger partial charge in [-0.3, -0.25) is 4.99 Å². The number of aliphatic imine (C=N–C) groups is 1. The first-order valence-corrected chi connectivity index (χ1v) is 6.65. The molecule has 0 atom stereocenters. The SMILES string of the molecule is Cc1nn2c(c1C)-c1ccccc1C2=NC(C)(C)C. The van der Waals surface area contributed by atoms with Gasteiger partial charge in [0.25, 0.3) is 0 Å². The van der Waals surface area contributed by atoms with Crippen LogP contribution in [0.1, 0.15) is 37.6 Å². The second-order valence-electron chi connectivity index (χ2n) is 6.12. The second kappa shape index (κ2) is 3.80. The van der Waals surface area contributed by atoms with Crippen molar-refractivity contribution >= 4 is 5.84 Å². The summed E-state index contributed by atoms with van der Waals surface area (Å²) in [5.74, 6) is 0.967. The van der Waals surface area contributed by atoms with E-state index in [2.05, 4.69) is 64.0 Å². The standard InChI is InChI=1S/C16H19N3/c1-10-11(2)18-19-14(10)12-8-6-7-9-13(12)15(19)17-16(3,4)5/h6-9H,1-5H3. The van der Waals surface area contributed by atoms with E-state index >= 15 is 0 Å². The number of hydrogen-bond donors (Lipinski definition) is 0. The van der Waals surface area contributed by atoms with Crippen LogP contribution in [0.3, 0.4) is 0 Å². The molecule has 2 heterocycles. The van der Waals surface area contributed by atoms with Crippen LogP contribution >= 0.6 is 0 Å². The predicted molar refractivity (Wildman–Crippen MR) is 78.8 cm³/mol. The van der Waals surface area contributed by atoms with E-state index in [0.29, 0.717) is 0 Å². The van der Waals surface area contributed by atoms with Gasteiger partial charge >= 0.3 is 0 Å². The monoisotopic (exact) mass is 253 g/mol. The Kier molecular flexibility index (Phi) is 2.43. The van der Waals surface area contributed by atoms with Crippen molar-refractivity contribution in [1.82, 2.24) is 9.78 Å². The van der Waals surface area contributed by atoms with Gasteiger partial charge in [0.15, 0.2) is 5.84 Å². The first-order chi connectivity index (χ1) is 8.88. The molecule has 1 aliphatic heterocycles. The highest BCUT2D eigenvalue weighted by molar-refractivity contribution is 6.12. The Balaban J connectivity index is 2.35. The van der Waals surface area contributed by atoms with Crippen molar-refractivity contribution in [2.24, 2.45) is 4.99 Å². The minimum atomic E-state index is -0.113. The minimum absolute atomic E-state index is 0.113. The molecule has 3 rings (SSSR count). The Hall–Kier alpha value is -1.90. The molecule has 0 fully saturated rings. The van der Waals surface area contributed by atoms with Gasteiger partial charge in [0.1, 0.15) is 0 Å². The van der Waals surface area contributed by atoms with Crippen LogP contribution in [0.15, 0.2) is 29.3 Å². The Morgan fingerprint density at radius 2 is 1.68 bits per heavy atom. The molecule has 3 heteroatoms. The highest BCUT2D eigenvalue weighted by Crippen LogP contribution is 2.36.